The summed E-state index contributed by atoms with van der Waals surface area (Å²) in [5.41, 5.74) is 0. The number of hydrogen-bond acceptors (Lipinski definition) is 4. The van der Waals surface area contributed by atoms with E-state index in [1.807, 2.05) is 0 Å². The lowest BCUT2D eigenvalue weighted by Gasteiger charge is -2.35. The standard InChI is InChI=1S/C15H32N4O2.HI/c1-13(2)11-14(19-6-9-21-10-7-19)12-18-15(16-3)17-5-8-20-4;/h13-14H,5-12H2,1-4H3,(H2,16,17,18);1H. The number of halogens is 1. The van der Waals surface area contributed by atoms with Gasteiger partial charge in [0.05, 0.1) is 19.8 Å². The quantitative estimate of drug-likeness (QED) is 0.263. The molecule has 2 N–H and O–H groups in total. The van der Waals surface area contributed by atoms with Crippen molar-refractivity contribution in [2.24, 2.45) is 10.9 Å². The summed E-state index contributed by atoms with van der Waals surface area (Å²) in [6, 6.07) is 0.523. The molecule has 0 aromatic rings. The zero-order chi connectivity index (χ0) is 15.5. The van der Waals surface area contributed by atoms with Gasteiger partial charge in [-0.3, -0.25) is 9.89 Å². The minimum Gasteiger partial charge on any atom is -0.383 e. The smallest absolute Gasteiger partial charge is 0.191 e. The molecule has 0 aromatic carbocycles. The second-order valence-electron chi connectivity index (χ2n) is 5.80. The number of methoxy groups -OCH3 is 1. The molecular formula is C15H33IN4O2. The number of morpholine rings is 1. The van der Waals surface area contributed by atoms with E-state index in [1.165, 1.54) is 6.42 Å². The summed E-state index contributed by atoms with van der Waals surface area (Å²) in [7, 11) is 3.50. The summed E-state index contributed by atoms with van der Waals surface area (Å²) in [6.45, 7) is 10.6. The van der Waals surface area contributed by atoms with Crippen molar-refractivity contribution in [3.05, 3.63) is 0 Å². The van der Waals surface area contributed by atoms with Gasteiger partial charge in [0, 0.05) is 46.4 Å². The molecule has 1 aliphatic heterocycles. The number of nitrogens with one attached hydrogen (secondary N) is 2. The van der Waals surface area contributed by atoms with E-state index in [1.54, 1.807) is 14.2 Å². The first-order valence-corrected chi connectivity index (χ1v) is 7.92. The van der Waals surface area contributed by atoms with Crippen LogP contribution in [0.3, 0.4) is 0 Å². The average molecular weight is 428 g/mol. The molecule has 0 saturated carbocycles. The largest absolute Gasteiger partial charge is 0.383 e. The molecule has 1 fully saturated rings. The monoisotopic (exact) mass is 428 g/mol. The van der Waals surface area contributed by atoms with E-state index in [-0.39, 0.29) is 24.0 Å². The second-order valence-corrected chi connectivity index (χ2v) is 5.80. The number of nitrogens with zero attached hydrogens (tertiary/aromatic N) is 2. The van der Waals surface area contributed by atoms with Gasteiger partial charge in [-0.25, -0.2) is 0 Å². The maximum Gasteiger partial charge on any atom is 0.191 e. The molecule has 1 rings (SSSR count). The normalized spacial score (nSPS) is 18.0. The number of ether oxygens (including phenoxy) is 2. The van der Waals surface area contributed by atoms with E-state index in [0.29, 0.717) is 18.6 Å². The summed E-state index contributed by atoms with van der Waals surface area (Å²) in [5, 5.41) is 6.68. The van der Waals surface area contributed by atoms with Crippen LogP contribution in [0.2, 0.25) is 0 Å². The van der Waals surface area contributed by atoms with Crippen molar-refractivity contribution >= 4 is 29.9 Å². The summed E-state index contributed by atoms with van der Waals surface area (Å²) in [6.07, 6.45) is 1.18. The Morgan fingerprint density at radius 3 is 2.50 bits per heavy atom. The molecule has 132 valence electrons. The van der Waals surface area contributed by atoms with Gasteiger partial charge in [0.2, 0.25) is 0 Å². The molecule has 1 unspecified atom stereocenters. The number of hydrogen-bond donors (Lipinski definition) is 2. The van der Waals surface area contributed by atoms with Gasteiger partial charge in [0.25, 0.3) is 0 Å². The summed E-state index contributed by atoms with van der Waals surface area (Å²) < 4.78 is 10.5. The number of guanidine groups is 1. The van der Waals surface area contributed by atoms with Crippen molar-refractivity contribution in [1.29, 1.82) is 0 Å². The van der Waals surface area contributed by atoms with E-state index in [2.05, 4.69) is 34.4 Å². The van der Waals surface area contributed by atoms with Crippen molar-refractivity contribution in [1.82, 2.24) is 15.5 Å². The molecule has 0 spiro atoms. The molecule has 7 heteroatoms. The summed E-state index contributed by atoms with van der Waals surface area (Å²) in [4.78, 5) is 6.78. The molecule has 22 heavy (non-hydrogen) atoms. The first-order chi connectivity index (χ1) is 10.2. The van der Waals surface area contributed by atoms with Crippen LogP contribution in [0.15, 0.2) is 4.99 Å². The highest BCUT2D eigenvalue weighted by Gasteiger charge is 2.22. The Morgan fingerprint density at radius 2 is 1.95 bits per heavy atom. The lowest BCUT2D eigenvalue weighted by Crippen LogP contribution is -2.51. The Balaban J connectivity index is 0.00000441. The minimum atomic E-state index is 0. The van der Waals surface area contributed by atoms with Gasteiger partial charge < -0.3 is 20.1 Å². The predicted octanol–water partition coefficient (Wildman–Crippen LogP) is 1.16. The molecule has 1 aliphatic rings. The molecule has 1 atom stereocenters. The van der Waals surface area contributed by atoms with Crippen LogP contribution in [-0.2, 0) is 9.47 Å². The third-order valence-corrected chi connectivity index (χ3v) is 3.63. The van der Waals surface area contributed by atoms with Crippen molar-refractivity contribution in [2.75, 3.05) is 60.2 Å². The molecule has 6 nitrogen and oxygen atoms in total. The highest BCUT2D eigenvalue weighted by atomic mass is 127. The molecule has 0 aromatic heterocycles. The van der Waals surface area contributed by atoms with Crippen LogP contribution in [0.4, 0.5) is 0 Å². The fourth-order valence-electron chi connectivity index (χ4n) is 2.55. The molecule has 0 aliphatic carbocycles. The van der Waals surface area contributed by atoms with E-state index >= 15 is 0 Å². The van der Waals surface area contributed by atoms with E-state index in [4.69, 9.17) is 9.47 Å². The van der Waals surface area contributed by atoms with Crippen LogP contribution >= 0.6 is 24.0 Å². The van der Waals surface area contributed by atoms with E-state index in [9.17, 15) is 0 Å². The summed E-state index contributed by atoms with van der Waals surface area (Å²) >= 11 is 0. The first-order valence-electron chi connectivity index (χ1n) is 7.92. The fraction of sp³-hybridized carbons (Fsp3) is 0.933. The summed E-state index contributed by atoms with van der Waals surface area (Å²) in [5.74, 6) is 1.53. The van der Waals surface area contributed by atoms with Crippen LogP contribution in [-0.4, -0.2) is 77.1 Å². The molecule has 0 bridgehead atoms. The average Bonchev–Trinajstić information content (AvgIpc) is 2.50. The van der Waals surface area contributed by atoms with Crippen LogP contribution in [0.1, 0.15) is 20.3 Å². The van der Waals surface area contributed by atoms with Crippen LogP contribution in [0, 0.1) is 5.92 Å². The van der Waals surface area contributed by atoms with E-state index in [0.717, 1.165) is 45.4 Å². The van der Waals surface area contributed by atoms with Crippen LogP contribution < -0.4 is 10.6 Å². The Morgan fingerprint density at radius 1 is 1.27 bits per heavy atom. The van der Waals surface area contributed by atoms with Crippen molar-refractivity contribution in [3.8, 4) is 0 Å². The lowest BCUT2D eigenvalue weighted by molar-refractivity contribution is 0.0132. The third kappa shape index (κ3) is 9.12. The predicted molar refractivity (Wildman–Crippen MR) is 102 cm³/mol. The van der Waals surface area contributed by atoms with Gasteiger partial charge in [-0.15, -0.1) is 24.0 Å². The SMILES string of the molecule is CN=C(NCCOC)NCC(CC(C)C)N1CCOCC1.I. The topological polar surface area (TPSA) is 58.1 Å². The second kappa shape index (κ2) is 13.3. The Bertz CT molecular complexity index is 297. The molecule has 1 saturated heterocycles. The maximum atomic E-state index is 5.46. The highest BCUT2D eigenvalue weighted by molar-refractivity contribution is 14.0. The third-order valence-electron chi connectivity index (χ3n) is 3.63. The van der Waals surface area contributed by atoms with Crippen LogP contribution in [0.5, 0.6) is 0 Å². The minimum absolute atomic E-state index is 0. The van der Waals surface area contributed by atoms with Crippen LogP contribution in [0.25, 0.3) is 0 Å². The molecule has 1 heterocycles. The van der Waals surface area contributed by atoms with Crippen molar-refractivity contribution < 1.29 is 9.47 Å². The maximum absolute atomic E-state index is 5.46. The van der Waals surface area contributed by atoms with Gasteiger partial charge >= 0.3 is 0 Å². The Kier molecular flexibility index (Phi) is 13.3. The Labute approximate surface area is 152 Å². The van der Waals surface area contributed by atoms with E-state index < -0.39 is 0 Å². The molecular weight excluding hydrogens is 395 g/mol. The van der Waals surface area contributed by atoms with Crippen molar-refractivity contribution in [3.63, 3.8) is 0 Å². The highest BCUT2D eigenvalue weighted by Crippen LogP contribution is 2.12. The Hall–Kier alpha value is -0.120. The lowest BCUT2D eigenvalue weighted by atomic mass is 10.0. The zero-order valence-electron chi connectivity index (χ0n) is 14.4. The van der Waals surface area contributed by atoms with Gasteiger partial charge in [-0.1, -0.05) is 13.8 Å². The molecule has 0 radical (unpaired) electrons. The zero-order valence-corrected chi connectivity index (χ0v) is 16.8. The number of rotatable bonds is 8. The fourth-order valence-corrected chi connectivity index (χ4v) is 2.55. The van der Waals surface area contributed by atoms with Gasteiger partial charge in [-0.05, 0) is 12.3 Å². The first kappa shape index (κ1) is 21.9. The van der Waals surface area contributed by atoms with Gasteiger partial charge in [0.1, 0.15) is 0 Å². The van der Waals surface area contributed by atoms with Gasteiger partial charge in [0.15, 0.2) is 5.96 Å². The molecule has 0 amide bonds. The van der Waals surface area contributed by atoms with Crippen molar-refractivity contribution in [2.45, 2.75) is 26.3 Å². The van der Waals surface area contributed by atoms with Gasteiger partial charge in [-0.2, -0.15) is 0 Å². The number of aliphatic imine (C=N–C) groups is 1.